The number of phosphoric acid groups is 1. The molecule has 0 aromatic heterocycles. The Bertz CT molecular complexity index is 1410. The van der Waals surface area contributed by atoms with Crippen LogP contribution < -0.4 is 10.2 Å². The zero-order chi connectivity index (χ0) is 49.2. The SMILES string of the molecule is CC/C=C\C/C=C\C/C=C\C/C=C\C/C=C\CCCCCCCCCC(=O)NC(COP(=O)([O-])OCC[N+](C)(C)C)C(O)/C=C/CC/C=C/CC/C=C/CCCCCCCCCCCCCC. The Morgan fingerprint density at radius 1 is 0.537 bits per heavy atom. The lowest BCUT2D eigenvalue weighted by Crippen LogP contribution is -2.45. The number of allylic oxidation sites excluding steroid dienone is 15. The number of hydrogen-bond donors (Lipinski definition) is 2. The lowest BCUT2D eigenvalue weighted by atomic mass is 10.0. The van der Waals surface area contributed by atoms with Crippen LogP contribution in [0, 0.1) is 0 Å². The average molecular weight is 955 g/mol. The Hall–Kier alpha value is -2.58. The molecule has 0 aromatic carbocycles. The van der Waals surface area contributed by atoms with E-state index in [0.717, 1.165) is 89.9 Å². The van der Waals surface area contributed by atoms with Crippen molar-refractivity contribution in [3.8, 4) is 0 Å². The number of amides is 1. The third-order valence-electron chi connectivity index (χ3n) is 11.5. The van der Waals surface area contributed by atoms with E-state index in [9.17, 15) is 19.4 Å². The fourth-order valence-corrected chi connectivity index (χ4v) is 7.99. The number of phosphoric ester groups is 1. The first-order valence-electron chi connectivity index (χ1n) is 27.1. The lowest BCUT2D eigenvalue weighted by molar-refractivity contribution is -0.870. The first kappa shape index (κ1) is 64.4. The molecule has 0 bridgehead atoms. The second kappa shape index (κ2) is 48.4. The molecule has 0 aliphatic heterocycles. The topological polar surface area (TPSA) is 108 Å². The minimum absolute atomic E-state index is 0.0165. The van der Waals surface area contributed by atoms with Crippen LogP contribution in [0.25, 0.3) is 0 Å². The number of nitrogens with zero attached hydrogens (tertiary/aromatic N) is 1. The summed E-state index contributed by atoms with van der Waals surface area (Å²) in [6.07, 6.45) is 69.0. The number of quaternary nitrogens is 1. The third kappa shape index (κ3) is 51.1. The molecule has 0 radical (unpaired) electrons. The van der Waals surface area contributed by atoms with Crippen LogP contribution in [0.1, 0.15) is 213 Å². The molecule has 9 heteroatoms. The van der Waals surface area contributed by atoms with Gasteiger partial charge in [0.05, 0.1) is 39.9 Å². The smallest absolute Gasteiger partial charge is 0.268 e. The Labute approximate surface area is 413 Å². The molecule has 2 N–H and O–H groups in total. The zero-order valence-corrected chi connectivity index (χ0v) is 44.7. The molecule has 0 spiro atoms. The normalized spacial score (nSPS) is 14.8. The van der Waals surface area contributed by atoms with Gasteiger partial charge in [-0.25, -0.2) is 0 Å². The molecule has 8 nitrogen and oxygen atoms in total. The number of likely N-dealkylation sites (N-methyl/N-ethyl adjacent to an activating group) is 1. The Morgan fingerprint density at radius 3 is 1.39 bits per heavy atom. The van der Waals surface area contributed by atoms with Crippen LogP contribution in [-0.4, -0.2) is 68.5 Å². The highest BCUT2D eigenvalue weighted by atomic mass is 31.2. The molecule has 3 unspecified atom stereocenters. The standard InChI is InChI=1S/C58H103N2O6P/c1-6-8-10-12-14-16-18-20-22-24-26-28-30-32-34-36-38-40-42-44-46-48-50-52-58(62)59-56(55-66-67(63,64)65-54-53-60(3,4)5)57(61)51-49-47-45-43-41-39-37-35-33-31-29-27-25-23-21-19-17-15-13-11-9-7-2/h8,10,14,16,20,22,26,28,32-35,41,43,49,51,56-57,61H,6-7,9,11-13,15,17-19,21,23-25,27,29-31,36-40,42,44-48,50,52-55H2,1-5H3,(H-,59,62,63,64)/b10-8-,16-14-,22-20-,28-26-,34-32-,35-33+,43-41+,51-49+. The monoisotopic (exact) mass is 955 g/mol. The minimum Gasteiger partial charge on any atom is -0.756 e. The number of carbonyl (C=O) groups excluding carboxylic acids is 1. The van der Waals surface area contributed by atoms with Gasteiger partial charge in [-0.2, -0.15) is 0 Å². The Balaban J connectivity index is 4.40. The number of aliphatic hydroxyl groups is 1. The van der Waals surface area contributed by atoms with E-state index in [-0.39, 0.29) is 12.5 Å². The molecule has 0 aliphatic rings. The fourth-order valence-electron chi connectivity index (χ4n) is 7.27. The van der Waals surface area contributed by atoms with E-state index in [2.05, 4.69) is 104 Å². The third-order valence-corrected chi connectivity index (χ3v) is 12.5. The average Bonchev–Trinajstić information content (AvgIpc) is 3.29. The van der Waals surface area contributed by atoms with Gasteiger partial charge in [-0.1, -0.05) is 214 Å². The Kier molecular flexibility index (Phi) is 46.6. The summed E-state index contributed by atoms with van der Waals surface area (Å²) in [6.45, 7) is 4.49. The van der Waals surface area contributed by atoms with Crippen molar-refractivity contribution in [2.45, 2.75) is 225 Å². The number of hydrogen-bond acceptors (Lipinski definition) is 6. The number of aliphatic hydroxyl groups excluding tert-OH is 1. The largest absolute Gasteiger partial charge is 0.756 e. The molecule has 0 rings (SSSR count). The maximum Gasteiger partial charge on any atom is 0.268 e. The van der Waals surface area contributed by atoms with Gasteiger partial charge in [0.25, 0.3) is 7.82 Å². The van der Waals surface area contributed by atoms with E-state index in [0.29, 0.717) is 17.4 Å². The summed E-state index contributed by atoms with van der Waals surface area (Å²) < 4.78 is 23.3. The van der Waals surface area contributed by atoms with Gasteiger partial charge in [0.2, 0.25) is 5.91 Å². The van der Waals surface area contributed by atoms with Gasteiger partial charge in [-0.3, -0.25) is 9.36 Å². The van der Waals surface area contributed by atoms with Crippen molar-refractivity contribution < 1.29 is 32.9 Å². The molecule has 0 saturated carbocycles. The molecule has 3 atom stereocenters. The van der Waals surface area contributed by atoms with E-state index in [4.69, 9.17) is 9.05 Å². The van der Waals surface area contributed by atoms with Crippen LogP contribution >= 0.6 is 7.82 Å². The van der Waals surface area contributed by atoms with Crippen molar-refractivity contribution in [3.63, 3.8) is 0 Å². The number of carbonyl (C=O) groups is 1. The van der Waals surface area contributed by atoms with E-state index in [1.54, 1.807) is 6.08 Å². The molecule has 0 aromatic rings. The molecule has 0 fully saturated rings. The lowest BCUT2D eigenvalue weighted by Gasteiger charge is -2.29. The molecule has 0 heterocycles. The van der Waals surface area contributed by atoms with E-state index >= 15 is 0 Å². The van der Waals surface area contributed by atoms with Crippen LogP contribution in [0.3, 0.4) is 0 Å². The van der Waals surface area contributed by atoms with Crippen molar-refractivity contribution in [2.24, 2.45) is 0 Å². The summed E-state index contributed by atoms with van der Waals surface area (Å²) in [7, 11) is 1.21. The van der Waals surface area contributed by atoms with E-state index in [1.165, 1.54) is 103 Å². The fraction of sp³-hybridized carbons (Fsp3) is 0.707. The van der Waals surface area contributed by atoms with Crippen LogP contribution in [0.15, 0.2) is 97.2 Å². The van der Waals surface area contributed by atoms with Gasteiger partial charge in [0, 0.05) is 6.42 Å². The highest BCUT2D eigenvalue weighted by Gasteiger charge is 2.23. The van der Waals surface area contributed by atoms with Crippen molar-refractivity contribution in [2.75, 3.05) is 40.9 Å². The summed E-state index contributed by atoms with van der Waals surface area (Å²) >= 11 is 0. The van der Waals surface area contributed by atoms with Gasteiger partial charge in [0.15, 0.2) is 0 Å². The summed E-state index contributed by atoms with van der Waals surface area (Å²) in [5, 5.41) is 13.8. The summed E-state index contributed by atoms with van der Waals surface area (Å²) in [6, 6.07) is -0.923. The highest BCUT2D eigenvalue weighted by Crippen LogP contribution is 2.38. The molecule has 0 saturated heterocycles. The van der Waals surface area contributed by atoms with Gasteiger partial charge >= 0.3 is 0 Å². The summed E-state index contributed by atoms with van der Waals surface area (Å²) in [4.78, 5) is 25.5. The summed E-state index contributed by atoms with van der Waals surface area (Å²) in [5.74, 6) is -0.226. The zero-order valence-electron chi connectivity index (χ0n) is 43.8. The van der Waals surface area contributed by atoms with E-state index < -0.39 is 26.6 Å². The van der Waals surface area contributed by atoms with Crippen LogP contribution in [0.2, 0.25) is 0 Å². The highest BCUT2D eigenvalue weighted by molar-refractivity contribution is 7.45. The maximum atomic E-state index is 12.9. The van der Waals surface area contributed by atoms with Gasteiger partial charge < -0.3 is 28.8 Å². The summed E-state index contributed by atoms with van der Waals surface area (Å²) in [5.41, 5.74) is 0. The number of rotatable bonds is 48. The van der Waals surface area contributed by atoms with Crippen LogP contribution in [-0.2, 0) is 18.4 Å². The molecule has 67 heavy (non-hydrogen) atoms. The Morgan fingerprint density at radius 2 is 0.925 bits per heavy atom. The van der Waals surface area contributed by atoms with Crippen LogP contribution in [0.4, 0.5) is 0 Å². The molecule has 1 amide bonds. The molecular formula is C58H103N2O6P. The second-order valence-electron chi connectivity index (χ2n) is 19.2. The molecular weight excluding hydrogens is 852 g/mol. The van der Waals surface area contributed by atoms with E-state index in [1.807, 2.05) is 27.2 Å². The van der Waals surface area contributed by atoms with Crippen molar-refractivity contribution in [3.05, 3.63) is 97.2 Å². The van der Waals surface area contributed by atoms with Crippen LogP contribution in [0.5, 0.6) is 0 Å². The quantitative estimate of drug-likeness (QED) is 0.0272. The van der Waals surface area contributed by atoms with Crippen molar-refractivity contribution >= 4 is 13.7 Å². The molecule has 0 aliphatic carbocycles. The second-order valence-corrected chi connectivity index (χ2v) is 20.6. The predicted octanol–water partition coefficient (Wildman–Crippen LogP) is 15.6. The minimum atomic E-state index is -4.62. The molecule has 386 valence electrons. The van der Waals surface area contributed by atoms with Gasteiger partial charge in [-0.15, -0.1) is 0 Å². The first-order valence-corrected chi connectivity index (χ1v) is 28.6. The number of unbranched alkanes of at least 4 members (excludes halogenated alkanes) is 21. The maximum absolute atomic E-state index is 12.9. The number of nitrogens with one attached hydrogen (secondary N) is 1. The predicted molar refractivity (Wildman–Crippen MR) is 288 cm³/mol. The van der Waals surface area contributed by atoms with Gasteiger partial charge in [0.1, 0.15) is 13.2 Å². The first-order chi connectivity index (χ1) is 32.5. The van der Waals surface area contributed by atoms with Crippen molar-refractivity contribution in [1.29, 1.82) is 0 Å². The van der Waals surface area contributed by atoms with Gasteiger partial charge in [-0.05, 0) is 89.9 Å². The van der Waals surface area contributed by atoms with Crippen molar-refractivity contribution in [1.82, 2.24) is 5.32 Å².